The van der Waals surface area contributed by atoms with E-state index in [1.54, 1.807) is 0 Å². The van der Waals surface area contributed by atoms with Crippen LogP contribution in [0.15, 0.2) is 11.6 Å². The number of cyclic esters (lactones) is 1. The molecular weight excluding hydrogens is 492 g/mol. The smallest absolute Gasteiger partial charge is 0.331 e. The van der Waals surface area contributed by atoms with E-state index in [0.29, 0.717) is 37.2 Å². The molecule has 0 amide bonds. The second-order valence-corrected chi connectivity index (χ2v) is 14.0. The molecule has 7 aliphatic rings. The third kappa shape index (κ3) is 3.10. The van der Waals surface area contributed by atoms with Crippen molar-refractivity contribution >= 4 is 5.97 Å². The number of aliphatic hydroxyl groups is 4. The number of aliphatic hydroxyl groups excluding tert-OH is 1. The van der Waals surface area contributed by atoms with Gasteiger partial charge in [0.2, 0.25) is 12.1 Å². The highest BCUT2D eigenvalue weighted by molar-refractivity contribution is 5.86. The van der Waals surface area contributed by atoms with Gasteiger partial charge in [-0.2, -0.15) is 0 Å². The number of fused-ring (bicyclic) bond motifs is 7. The van der Waals surface area contributed by atoms with E-state index >= 15 is 0 Å². The Morgan fingerprint density at radius 1 is 0.947 bits per heavy atom. The largest absolute Gasteiger partial charge is 0.458 e. The third-order valence-corrected chi connectivity index (χ3v) is 12.5. The summed E-state index contributed by atoms with van der Waals surface area (Å²) in [5.41, 5.74) is -2.56. The molecule has 4 saturated carbocycles. The second-order valence-electron chi connectivity index (χ2n) is 14.0. The Hall–Kier alpha value is -1.07. The van der Waals surface area contributed by atoms with Gasteiger partial charge in [-0.25, -0.2) is 4.79 Å². The fourth-order valence-electron chi connectivity index (χ4n) is 10.3. The first-order valence-electron chi connectivity index (χ1n) is 14.6. The minimum absolute atomic E-state index is 0.0286. The van der Waals surface area contributed by atoms with Crippen LogP contribution < -0.4 is 0 Å². The maximum Gasteiger partial charge on any atom is 0.331 e. The molecule has 13 atom stereocenters. The van der Waals surface area contributed by atoms with Crippen LogP contribution in [0.4, 0.5) is 0 Å². The van der Waals surface area contributed by atoms with Crippen LogP contribution in [0.5, 0.6) is 0 Å². The predicted octanol–water partition coefficient (Wildman–Crippen LogP) is 1.94. The summed E-state index contributed by atoms with van der Waals surface area (Å²) >= 11 is 0. The molecule has 212 valence electrons. The van der Waals surface area contributed by atoms with Gasteiger partial charge >= 0.3 is 5.97 Å². The third-order valence-electron chi connectivity index (χ3n) is 12.5. The molecule has 0 aromatic carbocycles. The van der Waals surface area contributed by atoms with Gasteiger partial charge in [-0.05, 0) is 81.5 Å². The Morgan fingerprint density at radius 2 is 1.74 bits per heavy atom. The van der Waals surface area contributed by atoms with Crippen molar-refractivity contribution in [3.8, 4) is 0 Å². The van der Waals surface area contributed by atoms with Crippen molar-refractivity contribution in [2.75, 3.05) is 6.61 Å². The van der Waals surface area contributed by atoms with Crippen LogP contribution in [0.3, 0.4) is 0 Å². The minimum atomic E-state index is -1.85. The van der Waals surface area contributed by atoms with Crippen molar-refractivity contribution in [2.45, 2.75) is 126 Å². The molecule has 0 unspecified atom stereocenters. The topological polar surface area (TPSA) is 135 Å². The van der Waals surface area contributed by atoms with Crippen LogP contribution in [-0.2, 0) is 23.7 Å². The molecule has 0 radical (unpaired) electrons. The Morgan fingerprint density at radius 3 is 2.47 bits per heavy atom. The van der Waals surface area contributed by atoms with Gasteiger partial charge in [-0.1, -0.05) is 13.8 Å². The Kier molecular flexibility index (Phi) is 5.46. The molecule has 0 bridgehead atoms. The summed E-state index contributed by atoms with van der Waals surface area (Å²) in [7, 11) is 0. The zero-order valence-electron chi connectivity index (χ0n) is 22.6. The normalized spacial score (nSPS) is 59.6. The van der Waals surface area contributed by atoms with E-state index in [9.17, 15) is 25.2 Å². The SMILES string of the molecule is C[C@@H]1C[C@@H](O)[C@]2(O)O[C@@H]3C[C@@H]4CC[C@@H]5[C@H](CC[C@]6(C)[C@](O)(C7=CC(=O)OC7)CC[C@]56O)[C@@]4(C)C[C@H]3O[C@@H]2O1. The molecule has 9 heteroatoms. The standard InChI is InChI=1S/C29H42O9/c1-15-10-22(30)29(34)24(36-15)37-21-13-25(2)16(11-20(21)38-29)4-5-19-18(25)6-7-26(3)27(32,8-9-28(19,26)33)17-12-23(31)35-14-17/h12,15-16,18-22,24,30,32-34H,4-11,13-14H2,1-3H3/t15-,16+,18+,19-,20-,21-,22-,24+,25+,26-,27-,28+,29+/m1/s1. The molecule has 7 rings (SSSR count). The highest BCUT2D eigenvalue weighted by Crippen LogP contribution is 2.71. The van der Waals surface area contributed by atoms with Crippen LogP contribution >= 0.6 is 0 Å². The van der Waals surface area contributed by atoms with E-state index in [4.69, 9.17) is 18.9 Å². The lowest BCUT2D eigenvalue weighted by molar-refractivity contribution is -0.458. The summed E-state index contributed by atoms with van der Waals surface area (Å²) in [6, 6.07) is 0. The first-order valence-corrected chi connectivity index (χ1v) is 14.6. The molecular formula is C29H42O9. The summed E-state index contributed by atoms with van der Waals surface area (Å²) in [5, 5.41) is 46.2. The Bertz CT molecular complexity index is 1060. The van der Waals surface area contributed by atoms with Crippen molar-refractivity contribution in [2.24, 2.45) is 28.6 Å². The second kappa shape index (κ2) is 8.02. The van der Waals surface area contributed by atoms with Crippen molar-refractivity contribution in [3.05, 3.63) is 11.6 Å². The molecule has 38 heavy (non-hydrogen) atoms. The maximum atomic E-state index is 12.5. The van der Waals surface area contributed by atoms with Crippen LogP contribution in [0, 0.1) is 28.6 Å². The van der Waals surface area contributed by atoms with E-state index in [0.717, 1.165) is 32.1 Å². The van der Waals surface area contributed by atoms with Crippen LogP contribution in [0.2, 0.25) is 0 Å². The molecule has 3 heterocycles. The van der Waals surface area contributed by atoms with Crippen LogP contribution in [0.25, 0.3) is 0 Å². The minimum Gasteiger partial charge on any atom is -0.458 e. The number of rotatable bonds is 1. The maximum absolute atomic E-state index is 12.5. The quantitative estimate of drug-likeness (QED) is 0.294. The van der Waals surface area contributed by atoms with E-state index in [2.05, 4.69) is 6.92 Å². The molecule has 0 aromatic heterocycles. The highest BCUT2D eigenvalue weighted by Gasteiger charge is 2.73. The molecule has 4 aliphatic carbocycles. The molecule has 3 aliphatic heterocycles. The highest BCUT2D eigenvalue weighted by atomic mass is 16.8. The Labute approximate surface area is 223 Å². The molecule has 6 fully saturated rings. The van der Waals surface area contributed by atoms with Gasteiger partial charge in [0.15, 0.2) is 0 Å². The van der Waals surface area contributed by atoms with Gasteiger partial charge in [0.05, 0.1) is 29.5 Å². The fourth-order valence-corrected chi connectivity index (χ4v) is 10.3. The summed E-state index contributed by atoms with van der Waals surface area (Å²) in [4.78, 5) is 11.9. The summed E-state index contributed by atoms with van der Waals surface area (Å²) in [6.07, 6.45) is 4.47. The number of hydrogen-bond acceptors (Lipinski definition) is 9. The van der Waals surface area contributed by atoms with Gasteiger partial charge in [-0.3, -0.25) is 0 Å². The summed E-state index contributed by atoms with van der Waals surface area (Å²) in [6.45, 7) is 6.29. The molecule has 4 N–H and O–H groups in total. The lowest BCUT2D eigenvalue weighted by Crippen LogP contribution is -2.71. The van der Waals surface area contributed by atoms with Crippen molar-refractivity contribution in [3.63, 3.8) is 0 Å². The van der Waals surface area contributed by atoms with Crippen molar-refractivity contribution in [1.82, 2.24) is 0 Å². The van der Waals surface area contributed by atoms with Gasteiger partial charge in [0, 0.05) is 23.5 Å². The van der Waals surface area contributed by atoms with Crippen LogP contribution in [0.1, 0.15) is 78.6 Å². The lowest BCUT2D eigenvalue weighted by Gasteiger charge is -2.66. The van der Waals surface area contributed by atoms with E-state index in [1.807, 2.05) is 13.8 Å². The average Bonchev–Trinajstić information content (AvgIpc) is 3.38. The van der Waals surface area contributed by atoms with Crippen molar-refractivity contribution in [1.29, 1.82) is 0 Å². The monoisotopic (exact) mass is 534 g/mol. The molecule has 9 nitrogen and oxygen atoms in total. The van der Waals surface area contributed by atoms with Gasteiger partial charge in [0.25, 0.3) is 0 Å². The first kappa shape index (κ1) is 25.9. The number of carbonyl (C=O) groups excluding carboxylic acids is 1. The van der Waals surface area contributed by atoms with Gasteiger partial charge < -0.3 is 39.4 Å². The van der Waals surface area contributed by atoms with Crippen molar-refractivity contribution < 1.29 is 44.2 Å². The first-order chi connectivity index (χ1) is 17.8. The number of hydrogen-bond donors (Lipinski definition) is 4. The zero-order valence-corrected chi connectivity index (χ0v) is 22.6. The zero-order chi connectivity index (χ0) is 26.9. The average molecular weight is 535 g/mol. The van der Waals surface area contributed by atoms with E-state index in [-0.39, 0.29) is 42.2 Å². The number of carbonyl (C=O) groups is 1. The number of ether oxygens (including phenoxy) is 4. The molecule has 2 saturated heterocycles. The van der Waals surface area contributed by atoms with Gasteiger partial charge in [0.1, 0.15) is 12.7 Å². The van der Waals surface area contributed by atoms with E-state index in [1.165, 1.54) is 6.08 Å². The molecule has 0 spiro atoms. The summed E-state index contributed by atoms with van der Waals surface area (Å²) < 4.78 is 23.6. The fraction of sp³-hybridized carbons (Fsp3) is 0.897. The predicted molar refractivity (Wildman–Crippen MR) is 132 cm³/mol. The van der Waals surface area contributed by atoms with E-state index < -0.39 is 40.8 Å². The van der Waals surface area contributed by atoms with Gasteiger partial charge in [-0.15, -0.1) is 0 Å². The van der Waals surface area contributed by atoms with Crippen LogP contribution in [-0.4, -0.2) is 80.7 Å². The Balaban J connectivity index is 1.17. The number of esters is 1. The molecule has 0 aromatic rings. The summed E-state index contributed by atoms with van der Waals surface area (Å²) in [5.74, 6) is -1.66. The lowest BCUT2D eigenvalue weighted by atomic mass is 9.42.